The lowest BCUT2D eigenvalue weighted by Crippen LogP contribution is -2.00. The van der Waals surface area contributed by atoms with E-state index < -0.39 is 5.97 Å². The second kappa shape index (κ2) is 6.56. The summed E-state index contributed by atoms with van der Waals surface area (Å²) in [7, 11) is 2.81. The summed E-state index contributed by atoms with van der Waals surface area (Å²) in [6.07, 6.45) is 0.716. The maximum Gasteiger partial charge on any atom is 0.337 e. The molecule has 0 aliphatic rings. The number of methoxy groups -OCH3 is 2. The van der Waals surface area contributed by atoms with E-state index in [1.54, 1.807) is 42.5 Å². The first kappa shape index (κ1) is 14.6. The van der Waals surface area contributed by atoms with Crippen LogP contribution in [0.5, 0.6) is 17.2 Å². The maximum absolute atomic E-state index is 11.3. The highest BCUT2D eigenvalue weighted by atomic mass is 16.5. The van der Waals surface area contributed by atoms with Crippen molar-refractivity contribution in [1.82, 2.24) is 0 Å². The fourth-order valence-corrected chi connectivity index (χ4v) is 1.77. The Kier molecular flexibility index (Phi) is 4.56. The first-order chi connectivity index (χ1) is 10.2. The predicted octanol–water partition coefficient (Wildman–Crippen LogP) is 3.09. The lowest BCUT2D eigenvalue weighted by molar-refractivity contribution is 0.0600. The molecule has 0 spiro atoms. The summed E-state index contributed by atoms with van der Waals surface area (Å²) in [4.78, 5) is 22.1. The summed E-state index contributed by atoms with van der Waals surface area (Å²) in [6, 6.07) is 11.4. The zero-order chi connectivity index (χ0) is 15.2. The molecule has 0 N–H and O–H groups in total. The van der Waals surface area contributed by atoms with Gasteiger partial charge in [0.2, 0.25) is 0 Å². The van der Waals surface area contributed by atoms with E-state index in [1.807, 2.05) is 0 Å². The molecule has 5 heteroatoms. The van der Waals surface area contributed by atoms with Crippen LogP contribution in [0.1, 0.15) is 20.7 Å². The summed E-state index contributed by atoms with van der Waals surface area (Å²) in [5.41, 5.74) is 0.893. The number of esters is 1. The van der Waals surface area contributed by atoms with E-state index in [2.05, 4.69) is 4.74 Å². The van der Waals surface area contributed by atoms with Crippen LogP contribution in [0.4, 0.5) is 0 Å². The van der Waals surface area contributed by atoms with Crippen molar-refractivity contribution in [3.8, 4) is 17.2 Å². The van der Waals surface area contributed by atoms with E-state index in [0.717, 1.165) is 0 Å². The Morgan fingerprint density at radius 3 is 2.24 bits per heavy atom. The fraction of sp³-hybridized carbons (Fsp3) is 0.125. The first-order valence-corrected chi connectivity index (χ1v) is 6.17. The summed E-state index contributed by atoms with van der Waals surface area (Å²) in [6.45, 7) is 0. The molecule has 0 atom stereocenters. The number of carbonyl (C=O) groups is 2. The smallest absolute Gasteiger partial charge is 0.337 e. The number of carbonyl (C=O) groups excluding carboxylic acids is 2. The third-order valence-corrected chi connectivity index (χ3v) is 2.84. The largest absolute Gasteiger partial charge is 0.496 e. The number of benzene rings is 2. The molecule has 0 aliphatic heterocycles. The van der Waals surface area contributed by atoms with Gasteiger partial charge >= 0.3 is 5.97 Å². The Morgan fingerprint density at radius 1 is 1.00 bits per heavy atom. The molecule has 0 aliphatic carbocycles. The Bertz CT molecular complexity index is 646. The molecule has 0 radical (unpaired) electrons. The fourth-order valence-electron chi connectivity index (χ4n) is 1.77. The standard InChI is InChI=1S/C16H14O5/c1-19-15-9-14(8-5-12(15)10-17)21-13-6-3-11(4-7-13)16(18)20-2/h3-10H,1-2H3. The monoisotopic (exact) mass is 286 g/mol. The molecule has 0 aromatic heterocycles. The third-order valence-electron chi connectivity index (χ3n) is 2.84. The quantitative estimate of drug-likeness (QED) is 0.624. The lowest BCUT2D eigenvalue weighted by atomic mass is 10.2. The molecule has 0 heterocycles. The maximum atomic E-state index is 11.3. The van der Waals surface area contributed by atoms with E-state index >= 15 is 0 Å². The minimum absolute atomic E-state index is 0.404. The molecule has 2 rings (SSSR count). The number of hydrogen-bond donors (Lipinski definition) is 0. The number of hydrogen-bond acceptors (Lipinski definition) is 5. The van der Waals surface area contributed by atoms with Gasteiger partial charge in [-0.3, -0.25) is 4.79 Å². The molecule has 2 aromatic carbocycles. The molecule has 0 bridgehead atoms. The van der Waals surface area contributed by atoms with Gasteiger partial charge in [-0.2, -0.15) is 0 Å². The number of ether oxygens (including phenoxy) is 3. The van der Waals surface area contributed by atoms with Crippen molar-refractivity contribution < 1.29 is 23.8 Å². The Morgan fingerprint density at radius 2 is 1.67 bits per heavy atom. The molecule has 0 fully saturated rings. The van der Waals surface area contributed by atoms with E-state index in [9.17, 15) is 9.59 Å². The van der Waals surface area contributed by atoms with Gasteiger partial charge in [-0.05, 0) is 36.4 Å². The number of rotatable bonds is 5. The average Bonchev–Trinajstić information content (AvgIpc) is 2.54. The van der Waals surface area contributed by atoms with Crippen molar-refractivity contribution in [3.63, 3.8) is 0 Å². The number of aldehydes is 1. The highest BCUT2D eigenvalue weighted by Gasteiger charge is 2.07. The molecule has 5 nitrogen and oxygen atoms in total. The zero-order valence-corrected chi connectivity index (χ0v) is 11.7. The van der Waals surface area contributed by atoms with Gasteiger partial charge in [-0.1, -0.05) is 0 Å². The Balaban J connectivity index is 2.18. The van der Waals surface area contributed by atoms with E-state index in [1.165, 1.54) is 14.2 Å². The van der Waals surface area contributed by atoms with Crippen molar-refractivity contribution >= 4 is 12.3 Å². The van der Waals surface area contributed by atoms with E-state index in [-0.39, 0.29) is 0 Å². The highest BCUT2D eigenvalue weighted by Crippen LogP contribution is 2.27. The van der Waals surface area contributed by atoms with E-state index in [0.29, 0.717) is 34.7 Å². The van der Waals surface area contributed by atoms with Crippen molar-refractivity contribution in [1.29, 1.82) is 0 Å². The van der Waals surface area contributed by atoms with Crippen molar-refractivity contribution in [2.24, 2.45) is 0 Å². The molecule has 0 amide bonds. The summed E-state index contributed by atoms with van der Waals surface area (Å²) in [5.74, 6) is 1.12. The molecule has 0 saturated carbocycles. The minimum atomic E-state index is -0.404. The van der Waals surface area contributed by atoms with Crippen LogP contribution in [0.15, 0.2) is 42.5 Å². The summed E-state index contributed by atoms with van der Waals surface area (Å²) >= 11 is 0. The molecule has 0 saturated heterocycles. The normalized spacial score (nSPS) is 9.81. The average molecular weight is 286 g/mol. The predicted molar refractivity (Wildman–Crippen MR) is 76.2 cm³/mol. The van der Waals surface area contributed by atoms with E-state index in [4.69, 9.17) is 9.47 Å². The van der Waals surface area contributed by atoms with Crippen LogP contribution >= 0.6 is 0 Å². The second-order valence-electron chi connectivity index (χ2n) is 4.14. The van der Waals surface area contributed by atoms with Crippen LogP contribution in [0.25, 0.3) is 0 Å². The molecule has 21 heavy (non-hydrogen) atoms. The van der Waals surface area contributed by atoms with Crippen LogP contribution < -0.4 is 9.47 Å². The molecular formula is C16H14O5. The van der Waals surface area contributed by atoms with Gasteiger partial charge in [0.25, 0.3) is 0 Å². The van der Waals surface area contributed by atoms with Crippen molar-refractivity contribution in [2.45, 2.75) is 0 Å². The Hall–Kier alpha value is -2.82. The zero-order valence-electron chi connectivity index (χ0n) is 11.7. The third kappa shape index (κ3) is 3.39. The van der Waals surface area contributed by atoms with Crippen LogP contribution in [-0.2, 0) is 4.74 Å². The van der Waals surface area contributed by atoms with Gasteiger partial charge in [0.15, 0.2) is 6.29 Å². The second-order valence-corrected chi connectivity index (χ2v) is 4.14. The topological polar surface area (TPSA) is 61.8 Å². The van der Waals surface area contributed by atoms with Crippen LogP contribution in [0.2, 0.25) is 0 Å². The van der Waals surface area contributed by atoms with Crippen molar-refractivity contribution in [3.05, 3.63) is 53.6 Å². The molecular weight excluding hydrogens is 272 g/mol. The Labute approximate surface area is 122 Å². The molecule has 2 aromatic rings. The van der Waals surface area contributed by atoms with Crippen LogP contribution in [0.3, 0.4) is 0 Å². The lowest BCUT2D eigenvalue weighted by Gasteiger charge is -2.09. The SMILES string of the molecule is COC(=O)c1ccc(Oc2ccc(C=O)c(OC)c2)cc1. The van der Waals surface area contributed by atoms with Gasteiger partial charge in [0.05, 0.1) is 25.3 Å². The molecule has 0 unspecified atom stereocenters. The summed E-state index contributed by atoms with van der Waals surface area (Å²) < 4.78 is 15.4. The van der Waals surface area contributed by atoms with Gasteiger partial charge < -0.3 is 14.2 Å². The first-order valence-electron chi connectivity index (χ1n) is 6.17. The van der Waals surface area contributed by atoms with Gasteiger partial charge in [-0.25, -0.2) is 4.79 Å². The highest BCUT2D eigenvalue weighted by molar-refractivity contribution is 5.89. The van der Waals surface area contributed by atoms with Gasteiger partial charge in [0, 0.05) is 6.07 Å². The van der Waals surface area contributed by atoms with Crippen LogP contribution in [0, 0.1) is 0 Å². The summed E-state index contributed by atoms with van der Waals surface area (Å²) in [5, 5.41) is 0. The van der Waals surface area contributed by atoms with Crippen LogP contribution in [-0.4, -0.2) is 26.5 Å². The minimum Gasteiger partial charge on any atom is -0.496 e. The van der Waals surface area contributed by atoms with Gasteiger partial charge in [-0.15, -0.1) is 0 Å². The van der Waals surface area contributed by atoms with Crippen molar-refractivity contribution in [2.75, 3.05) is 14.2 Å². The molecule has 108 valence electrons. The van der Waals surface area contributed by atoms with Gasteiger partial charge in [0.1, 0.15) is 17.2 Å².